The van der Waals surface area contributed by atoms with Crippen molar-refractivity contribution in [3.63, 3.8) is 0 Å². The van der Waals surface area contributed by atoms with Crippen LogP contribution in [-0.4, -0.2) is 39.3 Å². The highest BCUT2D eigenvalue weighted by molar-refractivity contribution is 5.81. The summed E-state index contributed by atoms with van der Waals surface area (Å²) in [5, 5.41) is 7.18. The van der Waals surface area contributed by atoms with Crippen molar-refractivity contribution in [2.75, 3.05) is 13.6 Å². The third kappa shape index (κ3) is 4.48. The average molecular weight is 418 g/mol. The summed E-state index contributed by atoms with van der Waals surface area (Å²) >= 11 is 0. The Kier molecular flexibility index (Phi) is 5.79. The summed E-state index contributed by atoms with van der Waals surface area (Å²) in [6.45, 7) is 0.253. The Balaban J connectivity index is 1.35. The molecule has 0 saturated heterocycles. The van der Waals surface area contributed by atoms with E-state index in [2.05, 4.69) is 10.3 Å². The van der Waals surface area contributed by atoms with Gasteiger partial charge in [-0.25, -0.2) is 4.68 Å². The van der Waals surface area contributed by atoms with Gasteiger partial charge in [0.2, 0.25) is 5.91 Å². The molecule has 0 saturated carbocycles. The topological polar surface area (TPSA) is 101 Å². The summed E-state index contributed by atoms with van der Waals surface area (Å²) in [6.07, 6.45) is 1.30. The lowest BCUT2D eigenvalue weighted by molar-refractivity contribution is -0.130. The molecule has 0 spiro atoms. The van der Waals surface area contributed by atoms with Crippen molar-refractivity contribution in [2.45, 2.75) is 19.4 Å². The highest BCUT2D eigenvalue weighted by Gasteiger charge is 2.14. The molecule has 0 fully saturated rings. The van der Waals surface area contributed by atoms with Crippen LogP contribution in [0.1, 0.15) is 12.2 Å². The number of rotatable bonds is 7. The summed E-state index contributed by atoms with van der Waals surface area (Å²) in [5.41, 5.74) is 0.969. The molecule has 1 amide bonds. The van der Waals surface area contributed by atoms with E-state index >= 15 is 0 Å². The number of nitrogens with zero attached hydrogens (tertiary/aromatic N) is 3. The van der Waals surface area contributed by atoms with Gasteiger partial charge in [-0.2, -0.15) is 0 Å². The van der Waals surface area contributed by atoms with E-state index in [1.165, 1.54) is 4.90 Å². The number of aryl methyl sites for hydroxylation is 1. The predicted octanol–water partition coefficient (Wildman–Crippen LogP) is 2.44. The van der Waals surface area contributed by atoms with Crippen LogP contribution in [0.25, 0.3) is 22.0 Å². The van der Waals surface area contributed by atoms with Crippen LogP contribution in [0.3, 0.4) is 0 Å². The van der Waals surface area contributed by atoms with Crippen molar-refractivity contribution >= 4 is 16.7 Å². The van der Waals surface area contributed by atoms with Gasteiger partial charge in [0, 0.05) is 31.6 Å². The Labute approximate surface area is 177 Å². The number of likely N-dealkylation sites (N-methyl/N-ethyl adjacent to an activating group) is 1. The molecule has 1 N–H and O–H groups in total. The van der Waals surface area contributed by atoms with E-state index in [1.807, 2.05) is 36.4 Å². The van der Waals surface area contributed by atoms with Crippen LogP contribution in [0.15, 0.2) is 74.8 Å². The van der Waals surface area contributed by atoms with Gasteiger partial charge in [-0.05, 0) is 18.6 Å². The Bertz CT molecular complexity index is 1320. The predicted molar refractivity (Wildman–Crippen MR) is 117 cm³/mol. The molecule has 0 atom stereocenters. The fraction of sp³-hybridized carbons (Fsp3) is 0.217. The Hall–Kier alpha value is -3.94. The summed E-state index contributed by atoms with van der Waals surface area (Å²) in [7, 11) is 1.67. The maximum absolute atomic E-state index is 12.6. The Morgan fingerprint density at radius 3 is 2.55 bits per heavy atom. The molecule has 4 rings (SSSR count). The largest absolute Gasteiger partial charge is 0.361 e. The summed E-state index contributed by atoms with van der Waals surface area (Å²) < 4.78 is 6.45. The number of aromatic amines is 1. The molecule has 31 heavy (non-hydrogen) atoms. The lowest BCUT2D eigenvalue weighted by atomic mass is 10.1. The van der Waals surface area contributed by atoms with Crippen molar-refractivity contribution in [3.8, 4) is 11.3 Å². The maximum atomic E-state index is 12.6. The van der Waals surface area contributed by atoms with Crippen LogP contribution in [0.2, 0.25) is 0 Å². The molecule has 0 unspecified atom stereocenters. The minimum absolute atomic E-state index is 0.226. The molecule has 2 aromatic carbocycles. The van der Waals surface area contributed by atoms with Crippen LogP contribution >= 0.6 is 0 Å². The van der Waals surface area contributed by atoms with Gasteiger partial charge in [0.25, 0.3) is 11.1 Å². The SMILES string of the molecule is CN(CCCc1cc(-c2ccccc2)no1)C(=O)Cn1[nH]c(=O)c2ccccc2c1=O. The number of benzene rings is 2. The number of carbonyl (C=O) groups is 1. The van der Waals surface area contributed by atoms with E-state index < -0.39 is 11.1 Å². The first kappa shape index (κ1) is 20.3. The second kappa shape index (κ2) is 8.83. The van der Waals surface area contributed by atoms with Crippen molar-refractivity contribution < 1.29 is 9.32 Å². The minimum atomic E-state index is -0.398. The zero-order valence-corrected chi connectivity index (χ0v) is 17.1. The second-order valence-corrected chi connectivity index (χ2v) is 7.34. The number of amides is 1. The van der Waals surface area contributed by atoms with Crippen LogP contribution in [0, 0.1) is 0 Å². The third-order valence-corrected chi connectivity index (χ3v) is 5.15. The van der Waals surface area contributed by atoms with Crippen molar-refractivity contribution in [1.29, 1.82) is 0 Å². The van der Waals surface area contributed by atoms with Gasteiger partial charge in [0.15, 0.2) is 0 Å². The highest BCUT2D eigenvalue weighted by atomic mass is 16.5. The van der Waals surface area contributed by atoms with Crippen LogP contribution < -0.4 is 11.1 Å². The van der Waals surface area contributed by atoms with Crippen molar-refractivity contribution in [2.24, 2.45) is 0 Å². The number of fused-ring (bicyclic) bond motifs is 1. The fourth-order valence-corrected chi connectivity index (χ4v) is 3.40. The average Bonchev–Trinajstić information content (AvgIpc) is 3.27. The molecule has 8 heteroatoms. The molecule has 0 bridgehead atoms. The zero-order valence-electron chi connectivity index (χ0n) is 17.1. The normalized spacial score (nSPS) is 11.0. The molecule has 0 aliphatic heterocycles. The smallest absolute Gasteiger partial charge is 0.273 e. The number of aromatic nitrogens is 3. The van der Waals surface area contributed by atoms with Gasteiger partial charge in [0.1, 0.15) is 18.0 Å². The third-order valence-electron chi connectivity index (χ3n) is 5.15. The van der Waals surface area contributed by atoms with Gasteiger partial charge >= 0.3 is 0 Å². The highest BCUT2D eigenvalue weighted by Crippen LogP contribution is 2.19. The number of hydrogen-bond donors (Lipinski definition) is 1. The number of nitrogens with one attached hydrogen (secondary N) is 1. The van der Waals surface area contributed by atoms with Crippen molar-refractivity contribution in [3.05, 3.63) is 87.1 Å². The molecule has 158 valence electrons. The van der Waals surface area contributed by atoms with Crippen LogP contribution in [-0.2, 0) is 17.8 Å². The van der Waals surface area contributed by atoms with E-state index in [0.717, 1.165) is 21.7 Å². The van der Waals surface area contributed by atoms with Crippen LogP contribution in [0.5, 0.6) is 0 Å². The first-order valence-corrected chi connectivity index (χ1v) is 10.00. The first-order chi connectivity index (χ1) is 15.0. The molecular formula is C23H22N4O4. The number of hydrogen-bond acceptors (Lipinski definition) is 5. The molecule has 2 heterocycles. The van der Waals surface area contributed by atoms with E-state index in [9.17, 15) is 14.4 Å². The Morgan fingerprint density at radius 1 is 1.06 bits per heavy atom. The molecule has 0 aliphatic rings. The molecule has 4 aromatic rings. The number of carbonyl (C=O) groups excluding carboxylic acids is 1. The van der Waals surface area contributed by atoms with Crippen LogP contribution in [0.4, 0.5) is 0 Å². The molecule has 0 radical (unpaired) electrons. The molecular weight excluding hydrogens is 396 g/mol. The van der Waals surface area contributed by atoms with Gasteiger partial charge in [-0.3, -0.25) is 19.5 Å². The lowest BCUT2D eigenvalue weighted by Crippen LogP contribution is -2.38. The zero-order chi connectivity index (χ0) is 21.8. The first-order valence-electron chi connectivity index (χ1n) is 10.00. The summed E-state index contributed by atoms with van der Waals surface area (Å²) in [6, 6.07) is 18.2. The summed E-state index contributed by atoms with van der Waals surface area (Å²) in [5.74, 6) is 0.477. The van der Waals surface area contributed by atoms with Crippen molar-refractivity contribution in [1.82, 2.24) is 19.8 Å². The lowest BCUT2D eigenvalue weighted by Gasteiger charge is -2.17. The molecule has 8 nitrogen and oxygen atoms in total. The standard InChI is InChI=1S/C23H22N4O4/c1-26(13-7-10-17-14-20(25-31-17)16-8-3-2-4-9-16)21(28)15-27-23(30)19-12-6-5-11-18(19)22(29)24-27/h2-6,8-9,11-12,14H,7,10,13,15H2,1H3,(H,24,29). The van der Waals surface area contributed by atoms with E-state index in [0.29, 0.717) is 30.2 Å². The van der Waals surface area contributed by atoms with E-state index in [-0.39, 0.29) is 12.5 Å². The fourth-order valence-electron chi connectivity index (χ4n) is 3.40. The quantitative estimate of drug-likeness (QED) is 0.497. The number of H-pyrrole nitrogens is 1. The monoisotopic (exact) mass is 418 g/mol. The van der Waals surface area contributed by atoms with E-state index in [4.69, 9.17) is 4.52 Å². The summed E-state index contributed by atoms with van der Waals surface area (Å²) in [4.78, 5) is 38.8. The minimum Gasteiger partial charge on any atom is -0.361 e. The molecule has 0 aliphatic carbocycles. The molecule has 2 aromatic heterocycles. The van der Waals surface area contributed by atoms with Gasteiger partial charge < -0.3 is 9.42 Å². The van der Waals surface area contributed by atoms with Gasteiger partial charge in [-0.15, -0.1) is 0 Å². The van der Waals surface area contributed by atoms with Gasteiger partial charge in [-0.1, -0.05) is 47.6 Å². The Morgan fingerprint density at radius 2 is 1.77 bits per heavy atom. The maximum Gasteiger partial charge on any atom is 0.273 e. The van der Waals surface area contributed by atoms with E-state index in [1.54, 1.807) is 31.3 Å². The second-order valence-electron chi connectivity index (χ2n) is 7.34. The van der Waals surface area contributed by atoms with Gasteiger partial charge in [0.05, 0.1) is 10.8 Å².